The van der Waals surface area contributed by atoms with E-state index in [1.54, 1.807) is 6.92 Å². The van der Waals surface area contributed by atoms with Crippen molar-refractivity contribution < 1.29 is 38.1 Å². The van der Waals surface area contributed by atoms with Crippen LogP contribution in [0.2, 0.25) is 0 Å². The second kappa shape index (κ2) is 16.0. The maximum absolute atomic E-state index is 11.6. The van der Waals surface area contributed by atoms with Crippen LogP contribution in [0.4, 0.5) is 0 Å². The van der Waals surface area contributed by atoms with Gasteiger partial charge >= 0.3 is 23.9 Å². The third kappa shape index (κ3) is 12.7. The summed E-state index contributed by atoms with van der Waals surface area (Å²) >= 11 is 0. The first kappa shape index (κ1) is 29.6. The molecule has 0 aliphatic rings. The molecule has 0 radical (unpaired) electrons. The van der Waals surface area contributed by atoms with Crippen molar-refractivity contribution >= 4 is 23.9 Å². The van der Waals surface area contributed by atoms with Gasteiger partial charge in [-0.2, -0.15) is 0 Å². The number of hydrogen-bond donors (Lipinski definition) is 0. The Labute approximate surface area is 161 Å². The van der Waals surface area contributed by atoms with Gasteiger partial charge in [0, 0.05) is 12.6 Å². The summed E-state index contributed by atoms with van der Waals surface area (Å²) in [4.78, 5) is 49.2. The molecule has 0 aromatic heterocycles. The van der Waals surface area contributed by atoms with E-state index in [1.165, 1.54) is 38.2 Å². The largest absolute Gasteiger partial charge is 0.468 e. The molecule has 0 spiro atoms. The molecule has 0 amide bonds. The third-order valence-corrected chi connectivity index (χ3v) is 3.43. The molecule has 1 unspecified atom stereocenters. The van der Waals surface area contributed by atoms with Crippen molar-refractivity contribution in [1.29, 1.82) is 0 Å². The van der Waals surface area contributed by atoms with Crippen LogP contribution < -0.4 is 0 Å². The zero-order valence-corrected chi connectivity index (χ0v) is 15.3. The summed E-state index contributed by atoms with van der Waals surface area (Å²) in [6.07, 6.45) is 0. The summed E-state index contributed by atoms with van der Waals surface area (Å²) in [6, 6.07) is -0.368. The normalized spacial score (nSPS) is 10.9. The van der Waals surface area contributed by atoms with Crippen molar-refractivity contribution in [3.05, 3.63) is 0 Å². The van der Waals surface area contributed by atoms with E-state index in [1.807, 2.05) is 0 Å². The maximum atomic E-state index is 11.6. The van der Waals surface area contributed by atoms with Crippen molar-refractivity contribution in [3.63, 3.8) is 0 Å². The highest BCUT2D eigenvalue weighted by atomic mass is 16.5. The van der Waals surface area contributed by atoms with Crippen molar-refractivity contribution in [2.45, 2.75) is 27.8 Å². The minimum atomic E-state index is -0.525. The number of ether oxygens (including phenoxy) is 4. The molecule has 0 aromatic rings. The first-order chi connectivity index (χ1) is 11.8. The highest BCUT2D eigenvalue weighted by Crippen LogP contribution is 2.05. The zero-order chi connectivity index (χ0) is 19.4. The summed E-state index contributed by atoms with van der Waals surface area (Å²) in [5.41, 5.74) is 0. The van der Waals surface area contributed by atoms with Gasteiger partial charge in [-0.05, 0) is 6.92 Å². The number of carbonyl (C=O) groups is 4. The molecule has 0 aliphatic heterocycles. The van der Waals surface area contributed by atoms with Gasteiger partial charge in [0.05, 0.1) is 54.6 Å². The molecule has 0 aliphatic carbocycles. The Kier molecular flexibility index (Phi) is 17.5. The second-order valence-electron chi connectivity index (χ2n) is 5.23. The highest BCUT2D eigenvalue weighted by Gasteiger charge is 2.25. The molecule has 160 valence electrons. The Morgan fingerprint density at radius 3 is 1.26 bits per heavy atom. The van der Waals surface area contributed by atoms with E-state index >= 15 is 0 Å². The van der Waals surface area contributed by atoms with Crippen molar-refractivity contribution in [3.8, 4) is 0 Å². The van der Waals surface area contributed by atoms with Gasteiger partial charge in [-0.25, -0.2) is 0 Å². The van der Waals surface area contributed by atoms with Gasteiger partial charge in [-0.15, -0.1) is 0 Å². The lowest BCUT2D eigenvalue weighted by Crippen LogP contribution is -2.49. The van der Waals surface area contributed by atoms with Crippen LogP contribution in [0.3, 0.4) is 0 Å². The molecular formula is C17H34N2O8. The zero-order valence-electron chi connectivity index (χ0n) is 15.3. The van der Waals surface area contributed by atoms with Gasteiger partial charge in [0.1, 0.15) is 0 Å². The fraction of sp³-hybridized carbons (Fsp3) is 0.765. The lowest BCUT2D eigenvalue weighted by atomic mass is 10.2. The molecule has 10 heteroatoms. The first-order valence-electron chi connectivity index (χ1n) is 7.51. The van der Waals surface area contributed by atoms with E-state index in [4.69, 9.17) is 0 Å². The Morgan fingerprint density at radius 2 is 0.963 bits per heavy atom. The summed E-state index contributed by atoms with van der Waals surface area (Å²) in [5, 5.41) is 0. The summed E-state index contributed by atoms with van der Waals surface area (Å²) < 4.78 is 18.5. The Balaban J connectivity index is -0.00000288. The van der Waals surface area contributed by atoms with E-state index in [9.17, 15) is 19.2 Å². The average molecular weight is 394 g/mol. The van der Waals surface area contributed by atoms with Crippen molar-refractivity contribution in [2.24, 2.45) is 0 Å². The average Bonchev–Trinajstić information content (AvgIpc) is 2.59. The Hall–Kier alpha value is -2.20. The molecule has 0 saturated carbocycles. The molecule has 0 rings (SSSR count). The Morgan fingerprint density at radius 1 is 0.667 bits per heavy atom. The standard InChI is InChI=1S/C15H26N2O8.2CH4/c1-11(17(9-14(20)24-4)10-15(21)25-5)6-16(7-12(18)22-2)8-13(19)23-3;;/h11H,6-10H2,1-5H3;2*1H4. The molecule has 1 atom stereocenters. The van der Waals surface area contributed by atoms with Gasteiger partial charge in [0.2, 0.25) is 0 Å². The molecule has 0 saturated heterocycles. The molecule has 10 nitrogen and oxygen atoms in total. The fourth-order valence-corrected chi connectivity index (χ4v) is 2.00. The fourth-order valence-electron chi connectivity index (χ4n) is 2.00. The summed E-state index contributed by atoms with van der Waals surface area (Å²) in [5.74, 6) is -2.10. The van der Waals surface area contributed by atoms with E-state index in [2.05, 4.69) is 18.9 Å². The number of esters is 4. The number of methoxy groups -OCH3 is 4. The van der Waals surface area contributed by atoms with Crippen LogP contribution in [-0.4, -0.2) is 101 Å². The SMILES string of the molecule is C.C.COC(=O)CN(CC(=O)OC)CC(C)N(CC(=O)OC)CC(=O)OC. The van der Waals surface area contributed by atoms with Gasteiger partial charge in [0.15, 0.2) is 0 Å². The monoisotopic (exact) mass is 394 g/mol. The van der Waals surface area contributed by atoms with E-state index in [-0.39, 0.29) is 53.6 Å². The predicted molar refractivity (Wildman–Crippen MR) is 99.0 cm³/mol. The maximum Gasteiger partial charge on any atom is 0.319 e. The van der Waals surface area contributed by atoms with Gasteiger partial charge in [-0.1, -0.05) is 14.9 Å². The molecule has 0 aromatic carbocycles. The van der Waals surface area contributed by atoms with Crippen LogP contribution in [0.25, 0.3) is 0 Å². The second-order valence-corrected chi connectivity index (χ2v) is 5.23. The third-order valence-electron chi connectivity index (χ3n) is 3.43. The first-order valence-corrected chi connectivity index (χ1v) is 7.51. The van der Waals surface area contributed by atoms with E-state index in [0.717, 1.165) is 0 Å². The number of nitrogens with zero attached hydrogens (tertiary/aromatic N) is 2. The summed E-state index contributed by atoms with van der Waals surface area (Å²) in [6.45, 7) is 1.39. The van der Waals surface area contributed by atoms with E-state index in [0.29, 0.717) is 0 Å². The predicted octanol–water partition coefficient (Wildman–Crippen LogP) is -0.0569. The Bertz CT molecular complexity index is 434. The van der Waals surface area contributed by atoms with Crippen LogP contribution >= 0.6 is 0 Å². The van der Waals surface area contributed by atoms with Crippen LogP contribution in [0, 0.1) is 0 Å². The van der Waals surface area contributed by atoms with E-state index < -0.39 is 23.9 Å². The lowest BCUT2D eigenvalue weighted by molar-refractivity contribution is -0.150. The van der Waals surface area contributed by atoms with Crippen LogP contribution in [-0.2, 0) is 38.1 Å². The molecule has 0 fully saturated rings. The minimum Gasteiger partial charge on any atom is -0.468 e. The van der Waals surface area contributed by atoms with Crippen LogP contribution in [0.1, 0.15) is 21.8 Å². The van der Waals surface area contributed by atoms with Crippen molar-refractivity contribution in [1.82, 2.24) is 9.80 Å². The summed E-state index contributed by atoms with van der Waals surface area (Å²) in [7, 11) is 4.96. The quantitative estimate of drug-likeness (QED) is 0.349. The highest BCUT2D eigenvalue weighted by molar-refractivity contribution is 5.75. The topological polar surface area (TPSA) is 112 Å². The van der Waals surface area contributed by atoms with Crippen molar-refractivity contribution in [2.75, 3.05) is 61.2 Å². The van der Waals surface area contributed by atoms with Crippen LogP contribution in [0.5, 0.6) is 0 Å². The molecule has 27 heavy (non-hydrogen) atoms. The van der Waals surface area contributed by atoms with Crippen LogP contribution in [0.15, 0.2) is 0 Å². The smallest absolute Gasteiger partial charge is 0.319 e. The van der Waals surface area contributed by atoms with Gasteiger partial charge in [-0.3, -0.25) is 29.0 Å². The van der Waals surface area contributed by atoms with Gasteiger partial charge in [0.25, 0.3) is 0 Å². The molecule has 0 N–H and O–H groups in total. The molecule has 0 heterocycles. The number of carbonyl (C=O) groups excluding carboxylic acids is 4. The lowest BCUT2D eigenvalue weighted by Gasteiger charge is -2.31. The van der Waals surface area contributed by atoms with Gasteiger partial charge < -0.3 is 18.9 Å². The number of hydrogen-bond acceptors (Lipinski definition) is 10. The molecular weight excluding hydrogens is 360 g/mol. The molecule has 0 bridgehead atoms. The number of rotatable bonds is 11. The minimum absolute atomic E-state index is 0.